The highest BCUT2D eigenvalue weighted by Crippen LogP contribution is 2.07. The van der Waals surface area contributed by atoms with Gasteiger partial charge in [0.05, 0.1) is 0 Å². The standard InChI is InChI=1S/C14H16O2Si.C2H4O4S/c1-15-17(16-2,13-9-5-3-6-10-13)14-11-7-4-8-12-14;1-2-6-7(3,4)5/h3-12H,1-2H3;2H,1H2,(H,3,4,5). The van der Waals surface area contributed by atoms with Crippen molar-refractivity contribution in [2.75, 3.05) is 14.2 Å². The van der Waals surface area contributed by atoms with Gasteiger partial charge in [-0.05, 0) is 10.4 Å². The molecule has 0 atom stereocenters. The molecule has 0 amide bonds. The molecule has 2 rings (SSSR count). The van der Waals surface area contributed by atoms with E-state index in [0.29, 0.717) is 6.26 Å². The average molecular weight is 368 g/mol. The van der Waals surface area contributed by atoms with Crippen molar-refractivity contribution in [1.29, 1.82) is 0 Å². The van der Waals surface area contributed by atoms with Crippen molar-refractivity contribution in [3.05, 3.63) is 73.5 Å². The van der Waals surface area contributed by atoms with E-state index >= 15 is 0 Å². The summed E-state index contributed by atoms with van der Waals surface area (Å²) in [4.78, 5) is 0. The first-order chi connectivity index (χ1) is 11.4. The molecule has 0 saturated heterocycles. The van der Waals surface area contributed by atoms with Gasteiger partial charge in [0.15, 0.2) is 0 Å². The van der Waals surface area contributed by atoms with Crippen molar-refractivity contribution in [3.8, 4) is 0 Å². The molecule has 6 nitrogen and oxygen atoms in total. The van der Waals surface area contributed by atoms with Gasteiger partial charge in [-0.1, -0.05) is 67.2 Å². The maximum absolute atomic E-state index is 9.49. The van der Waals surface area contributed by atoms with Gasteiger partial charge < -0.3 is 13.0 Å². The quantitative estimate of drug-likeness (QED) is 0.473. The van der Waals surface area contributed by atoms with Gasteiger partial charge in [0, 0.05) is 14.2 Å². The topological polar surface area (TPSA) is 82.1 Å². The highest BCUT2D eigenvalue weighted by molar-refractivity contribution is 7.81. The number of hydrogen-bond donors (Lipinski definition) is 1. The maximum Gasteiger partial charge on any atom is 0.445 e. The van der Waals surface area contributed by atoms with Crippen LogP contribution in [0.1, 0.15) is 0 Å². The van der Waals surface area contributed by atoms with Crippen LogP contribution in [0.25, 0.3) is 0 Å². The minimum absolute atomic E-state index is 0.620. The molecule has 2 aromatic rings. The summed E-state index contributed by atoms with van der Waals surface area (Å²) in [5.41, 5.74) is 0. The second-order valence-corrected chi connectivity index (χ2v) is 8.70. The van der Waals surface area contributed by atoms with E-state index in [9.17, 15) is 8.42 Å². The van der Waals surface area contributed by atoms with Gasteiger partial charge in [0.1, 0.15) is 6.26 Å². The lowest BCUT2D eigenvalue weighted by Crippen LogP contribution is -2.62. The van der Waals surface area contributed by atoms with Crippen LogP contribution >= 0.6 is 0 Å². The van der Waals surface area contributed by atoms with Crippen molar-refractivity contribution in [2.24, 2.45) is 0 Å². The molecular weight excluding hydrogens is 348 g/mol. The zero-order chi connectivity index (χ0) is 18.1. The van der Waals surface area contributed by atoms with E-state index in [4.69, 9.17) is 13.4 Å². The van der Waals surface area contributed by atoms with E-state index in [1.54, 1.807) is 14.2 Å². The Kier molecular flexibility index (Phi) is 7.82. The van der Waals surface area contributed by atoms with E-state index in [2.05, 4.69) is 35.0 Å². The van der Waals surface area contributed by atoms with Crippen LogP contribution in [0.3, 0.4) is 0 Å². The lowest BCUT2D eigenvalue weighted by Gasteiger charge is -2.27. The maximum atomic E-state index is 9.49. The predicted molar refractivity (Wildman–Crippen MR) is 94.8 cm³/mol. The Morgan fingerprint density at radius 1 is 0.917 bits per heavy atom. The van der Waals surface area contributed by atoms with Gasteiger partial charge in [-0.3, -0.25) is 4.55 Å². The van der Waals surface area contributed by atoms with E-state index < -0.39 is 19.0 Å². The lowest BCUT2D eigenvalue weighted by molar-refractivity contribution is 0.272. The Bertz CT molecular complexity index is 673. The van der Waals surface area contributed by atoms with Crippen molar-refractivity contribution in [2.45, 2.75) is 0 Å². The molecule has 0 fully saturated rings. The fourth-order valence-electron chi connectivity index (χ4n) is 2.12. The Balaban J connectivity index is 0.000000351. The SMILES string of the molecule is C=COS(=O)(=O)O.CO[Si](OC)(c1ccccc1)c1ccccc1. The first-order valence-corrected chi connectivity index (χ1v) is 10.1. The minimum atomic E-state index is -4.29. The van der Waals surface area contributed by atoms with Gasteiger partial charge in [0.25, 0.3) is 0 Å². The highest BCUT2D eigenvalue weighted by Gasteiger charge is 2.40. The molecule has 0 spiro atoms. The van der Waals surface area contributed by atoms with Crippen molar-refractivity contribution in [3.63, 3.8) is 0 Å². The molecular formula is C16H20O6SSi. The molecule has 1 N–H and O–H groups in total. The summed E-state index contributed by atoms with van der Waals surface area (Å²) in [5, 5.41) is 2.24. The molecule has 0 aromatic heterocycles. The zero-order valence-electron chi connectivity index (χ0n) is 13.5. The summed E-state index contributed by atoms with van der Waals surface area (Å²) in [6.07, 6.45) is 0.620. The molecule has 0 radical (unpaired) electrons. The monoisotopic (exact) mass is 368 g/mol. The zero-order valence-corrected chi connectivity index (χ0v) is 15.3. The first kappa shape index (κ1) is 20.1. The number of benzene rings is 2. The van der Waals surface area contributed by atoms with Crippen molar-refractivity contribution < 1.29 is 26.0 Å². The smallest absolute Gasteiger partial charge is 0.391 e. The summed E-state index contributed by atoms with van der Waals surface area (Å²) in [6, 6.07) is 20.3. The van der Waals surface area contributed by atoms with Crippen LogP contribution in [0.4, 0.5) is 0 Å². The van der Waals surface area contributed by atoms with Gasteiger partial charge in [-0.25, -0.2) is 0 Å². The summed E-state index contributed by atoms with van der Waals surface area (Å²) in [7, 11) is -3.35. The van der Waals surface area contributed by atoms with E-state index in [1.165, 1.54) is 0 Å². The van der Waals surface area contributed by atoms with Crippen LogP contribution in [-0.2, 0) is 23.4 Å². The molecule has 0 aliphatic carbocycles. The van der Waals surface area contributed by atoms with Crippen LogP contribution in [0, 0.1) is 0 Å². The summed E-state index contributed by atoms with van der Waals surface area (Å²) in [5.74, 6) is 0. The summed E-state index contributed by atoms with van der Waals surface area (Å²) >= 11 is 0. The third kappa shape index (κ3) is 5.59. The van der Waals surface area contributed by atoms with Crippen LogP contribution < -0.4 is 10.4 Å². The van der Waals surface area contributed by atoms with Gasteiger partial charge in [0.2, 0.25) is 0 Å². The second-order valence-electron chi connectivity index (χ2n) is 4.45. The van der Waals surface area contributed by atoms with Gasteiger partial charge in [-0.2, -0.15) is 8.42 Å². The minimum Gasteiger partial charge on any atom is -0.391 e. The van der Waals surface area contributed by atoms with E-state index in [1.807, 2.05) is 36.4 Å². The van der Waals surface area contributed by atoms with E-state index in [-0.39, 0.29) is 0 Å². The Morgan fingerprint density at radius 2 is 1.29 bits per heavy atom. The van der Waals surface area contributed by atoms with Crippen LogP contribution in [0.2, 0.25) is 0 Å². The van der Waals surface area contributed by atoms with Crippen molar-refractivity contribution in [1.82, 2.24) is 0 Å². The second kappa shape index (κ2) is 9.35. The fourth-order valence-corrected chi connectivity index (χ4v) is 5.00. The fraction of sp³-hybridized carbons (Fsp3) is 0.125. The summed E-state index contributed by atoms with van der Waals surface area (Å²) in [6.45, 7) is 2.88. The molecule has 24 heavy (non-hydrogen) atoms. The normalized spacial score (nSPS) is 11.1. The largest absolute Gasteiger partial charge is 0.445 e. The molecule has 8 heteroatoms. The van der Waals surface area contributed by atoms with Crippen LogP contribution in [-0.4, -0.2) is 35.8 Å². The third-order valence-corrected chi connectivity index (χ3v) is 6.79. The van der Waals surface area contributed by atoms with Gasteiger partial charge in [-0.15, -0.1) is 0 Å². The molecule has 0 aliphatic rings. The molecule has 0 heterocycles. The molecule has 0 unspecified atom stereocenters. The van der Waals surface area contributed by atoms with Crippen molar-refractivity contribution >= 4 is 29.3 Å². The molecule has 0 aliphatic heterocycles. The molecule has 2 aromatic carbocycles. The first-order valence-electron chi connectivity index (χ1n) is 6.87. The Hall–Kier alpha value is -1.97. The van der Waals surface area contributed by atoms with E-state index in [0.717, 1.165) is 10.4 Å². The van der Waals surface area contributed by atoms with Crippen LogP contribution in [0.15, 0.2) is 73.5 Å². The molecule has 0 saturated carbocycles. The highest BCUT2D eigenvalue weighted by atomic mass is 32.3. The predicted octanol–water partition coefficient (Wildman–Crippen LogP) is 1.49. The molecule has 130 valence electrons. The lowest BCUT2D eigenvalue weighted by atomic mass is 10.4. The third-order valence-electron chi connectivity index (χ3n) is 3.07. The molecule has 0 bridgehead atoms. The van der Waals surface area contributed by atoms with Gasteiger partial charge >= 0.3 is 19.0 Å². The number of hydrogen-bond acceptors (Lipinski definition) is 5. The number of rotatable bonds is 6. The average Bonchev–Trinajstić information content (AvgIpc) is 2.58. The Morgan fingerprint density at radius 3 is 1.50 bits per heavy atom. The van der Waals surface area contributed by atoms with Crippen LogP contribution in [0.5, 0.6) is 0 Å². The Labute approximate surface area is 143 Å². The summed E-state index contributed by atoms with van der Waals surface area (Å²) < 4.78 is 41.8.